The molecule has 0 aromatic heterocycles. The number of carbonyl (C=O) groups is 2. The molecule has 46 heavy (non-hydrogen) atoms. The third-order valence-corrected chi connectivity index (χ3v) is 8.48. The summed E-state index contributed by atoms with van der Waals surface area (Å²) in [5.41, 5.74) is 4.54. The van der Waals surface area contributed by atoms with Crippen molar-refractivity contribution in [3.8, 4) is 17.2 Å². The molecule has 6 nitrogen and oxygen atoms in total. The SMILES string of the molecule is CC1=C(c2cccc(OC(=O)C(C)(C)C)c2)C(c2ccc(C=CCN3CC[C@@H](C)C3)cc2)Oc2ccc(OC(=O)C(C)(C)C)cc21. The number of hydrogen-bond acceptors (Lipinski definition) is 6. The minimum Gasteiger partial charge on any atom is -0.480 e. The fourth-order valence-corrected chi connectivity index (χ4v) is 5.66. The van der Waals surface area contributed by atoms with Crippen molar-refractivity contribution >= 4 is 29.2 Å². The van der Waals surface area contributed by atoms with Gasteiger partial charge in [0.25, 0.3) is 0 Å². The van der Waals surface area contributed by atoms with Gasteiger partial charge in [-0.2, -0.15) is 0 Å². The molecule has 5 rings (SSSR count). The molecule has 0 radical (unpaired) electrons. The zero-order valence-corrected chi connectivity index (χ0v) is 28.5. The number of rotatable bonds is 7. The maximum atomic E-state index is 12.7. The lowest BCUT2D eigenvalue weighted by Gasteiger charge is -2.31. The summed E-state index contributed by atoms with van der Waals surface area (Å²) >= 11 is 0. The number of fused-ring (bicyclic) bond motifs is 1. The second kappa shape index (κ2) is 13.3. The van der Waals surface area contributed by atoms with Crippen LogP contribution in [0, 0.1) is 16.7 Å². The molecular weight excluding hydrogens is 574 g/mol. The molecule has 1 saturated heterocycles. The monoisotopic (exact) mass is 621 g/mol. The third-order valence-electron chi connectivity index (χ3n) is 8.48. The number of esters is 2. The van der Waals surface area contributed by atoms with Crippen LogP contribution in [0.25, 0.3) is 17.2 Å². The van der Waals surface area contributed by atoms with Crippen LogP contribution in [-0.4, -0.2) is 36.5 Å². The molecule has 0 spiro atoms. The molecule has 0 aliphatic carbocycles. The molecule has 3 aromatic carbocycles. The molecule has 0 amide bonds. The van der Waals surface area contributed by atoms with Gasteiger partial charge in [0.2, 0.25) is 0 Å². The Labute approximate surface area is 274 Å². The van der Waals surface area contributed by atoms with Crippen molar-refractivity contribution in [2.45, 2.75) is 67.9 Å². The minimum atomic E-state index is -0.634. The first-order valence-corrected chi connectivity index (χ1v) is 16.2. The van der Waals surface area contributed by atoms with E-state index in [0.29, 0.717) is 17.2 Å². The second-order valence-electron chi connectivity index (χ2n) is 14.7. The molecular formula is C40H47NO5. The largest absolute Gasteiger partial charge is 0.480 e. The van der Waals surface area contributed by atoms with E-state index in [1.54, 1.807) is 12.1 Å². The summed E-state index contributed by atoms with van der Waals surface area (Å²) < 4.78 is 18.2. The first-order valence-electron chi connectivity index (χ1n) is 16.2. The van der Waals surface area contributed by atoms with Gasteiger partial charge in [0, 0.05) is 24.2 Å². The van der Waals surface area contributed by atoms with Crippen LogP contribution in [-0.2, 0) is 9.59 Å². The average molecular weight is 622 g/mol. The summed E-state index contributed by atoms with van der Waals surface area (Å²) in [5, 5.41) is 0. The van der Waals surface area contributed by atoms with Crippen LogP contribution >= 0.6 is 0 Å². The number of hydrogen-bond donors (Lipinski definition) is 0. The standard InChI is InChI=1S/C40H47NO5/c1-26-20-22-41(25-26)21-10-11-28-14-16-29(17-15-28)36-35(30-12-9-13-31(23-30)44-37(42)39(3,4)5)27(2)33-24-32(18-19-34(33)46-36)45-38(43)40(6,7)8/h9-19,23-24,26,36H,20-22,25H2,1-8H3/t26-,36?/m1/s1. The van der Waals surface area contributed by atoms with Gasteiger partial charge in [-0.3, -0.25) is 14.5 Å². The number of ether oxygens (including phenoxy) is 3. The molecule has 0 N–H and O–H groups in total. The third kappa shape index (κ3) is 7.79. The highest BCUT2D eigenvalue weighted by atomic mass is 16.5. The van der Waals surface area contributed by atoms with Gasteiger partial charge in [-0.15, -0.1) is 0 Å². The Kier molecular flexibility index (Phi) is 9.59. The second-order valence-corrected chi connectivity index (χ2v) is 14.7. The highest BCUT2D eigenvalue weighted by Crippen LogP contribution is 2.48. The first kappa shape index (κ1) is 33.2. The molecule has 1 fully saturated rings. The quantitative estimate of drug-likeness (QED) is 0.194. The van der Waals surface area contributed by atoms with Crippen molar-refractivity contribution in [1.82, 2.24) is 4.90 Å². The zero-order valence-electron chi connectivity index (χ0n) is 28.5. The molecule has 0 saturated carbocycles. The molecule has 0 bridgehead atoms. The van der Waals surface area contributed by atoms with E-state index in [9.17, 15) is 9.59 Å². The molecule has 3 aromatic rings. The van der Waals surface area contributed by atoms with Crippen LogP contribution < -0.4 is 14.2 Å². The Bertz CT molecular complexity index is 1650. The van der Waals surface area contributed by atoms with Crippen molar-refractivity contribution in [3.63, 3.8) is 0 Å². The van der Waals surface area contributed by atoms with Gasteiger partial charge in [0.05, 0.1) is 10.8 Å². The first-order chi connectivity index (χ1) is 21.7. The van der Waals surface area contributed by atoms with E-state index in [-0.39, 0.29) is 11.9 Å². The lowest BCUT2D eigenvalue weighted by atomic mass is 9.86. The summed E-state index contributed by atoms with van der Waals surface area (Å²) in [5.74, 6) is 1.82. The number of likely N-dealkylation sites (tertiary alicyclic amines) is 1. The molecule has 1 unspecified atom stereocenters. The molecule has 2 atom stereocenters. The fourth-order valence-electron chi connectivity index (χ4n) is 5.66. The maximum Gasteiger partial charge on any atom is 0.316 e. The normalized spacial score (nSPS) is 18.8. The van der Waals surface area contributed by atoms with E-state index in [1.807, 2.05) is 71.9 Å². The van der Waals surface area contributed by atoms with E-state index < -0.39 is 16.9 Å². The van der Waals surface area contributed by atoms with Gasteiger partial charge < -0.3 is 14.2 Å². The van der Waals surface area contributed by atoms with Gasteiger partial charge in [0.1, 0.15) is 23.4 Å². The number of carbonyl (C=O) groups excluding carboxylic acids is 2. The predicted molar refractivity (Wildman–Crippen MR) is 185 cm³/mol. The Morgan fingerprint density at radius 1 is 0.891 bits per heavy atom. The van der Waals surface area contributed by atoms with Crippen LogP contribution in [0.15, 0.2) is 72.8 Å². The summed E-state index contributed by atoms with van der Waals surface area (Å²) in [7, 11) is 0. The molecule has 242 valence electrons. The summed E-state index contributed by atoms with van der Waals surface area (Å²) in [6.45, 7) is 18.7. The highest BCUT2D eigenvalue weighted by Gasteiger charge is 2.31. The van der Waals surface area contributed by atoms with Crippen molar-refractivity contribution in [2.75, 3.05) is 19.6 Å². The summed E-state index contributed by atoms with van der Waals surface area (Å²) in [4.78, 5) is 27.9. The fraction of sp³-hybridized carbons (Fsp3) is 0.400. The van der Waals surface area contributed by atoms with Crippen LogP contribution in [0.4, 0.5) is 0 Å². The average Bonchev–Trinajstić information content (AvgIpc) is 3.41. The smallest absolute Gasteiger partial charge is 0.316 e. The van der Waals surface area contributed by atoms with Gasteiger partial charge in [0.15, 0.2) is 0 Å². The predicted octanol–water partition coefficient (Wildman–Crippen LogP) is 9.01. The van der Waals surface area contributed by atoms with Gasteiger partial charge in [-0.1, -0.05) is 55.5 Å². The number of benzene rings is 3. The van der Waals surface area contributed by atoms with E-state index in [1.165, 1.54) is 6.42 Å². The summed E-state index contributed by atoms with van der Waals surface area (Å²) in [6, 6.07) is 21.6. The molecule has 2 aliphatic heterocycles. The Morgan fingerprint density at radius 2 is 1.54 bits per heavy atom. The maximum absolute atomic E-state index is 12.7. The summed E-state index contributed by atoms with van der Waals surface area (Å²) in [6.07, 6.45) is 5.28. The number of nitrogens with zero attached hydrogens (tertiary/aromatic N) is 1. The molecule has 2 aliphatic rings. The van der Waals surface area contributed by atoms with E-state index >= 15 is 0 Å². The Balaban J connectivity index is 1.49. The van der Waals surface area contributed by atoms with E-state index in [2.05, 4.69) is 55.2 Å². The molecule has 6 heteroatoms. The van der Waals surface area contributed by atoms with Crippen LogP contribution in [0.5, 0.6) is 17.2 Å². The van der Waals surface area contributed by atoms with Crippen LogP contribution in [0.2, 0.25) is 0 Å². The van der Waals surface area contributed by atoms with Crippen LogP contribution in [0.3, 0.4) is 0 Å². The van der Waals surface area contributed by atoms with E-state index in [0.717, 1.165) is 59.0 Å². The topological polar surface area (TPSA) is 65.1 Å². The lowest BCUT2D eigenvalue weighted by Crippen LogP contribution is -2.25. The van der Waals surface area contributed by atoms with Crippen molar-refractivity contribution in [2.24, 2.45) is 16.7 Å². The van der Waals surface area contributed by atoms with E-state index in [4.69, 9.17) is 14.2 Å². The lowest BCUT2D eigenvalue weighted by molar-refractivity contribution is -0.143. The van der Waals surface area contributed by atoms with Gasteiger partial charge >= 0.3 is 11.9 Å². The Hall–Kier alpha value is -4.16. The Morgan fingerprint density at radius 3 is 2.15 bits per heavy atom. The minimum absolute atomic E-state index is 0.301. The van der Waals surface area contributed by atoms with Crippen molar-refractivity contribution in [1.29, 1.82) is 0 Å². The van der Waals surface area contributed by atoms with Crippen molar-refractivity contribution < 1.29 is 23.8 Å². The zero-order chi connectivity index (χ0) is 33.2. The highest BCUT2D eigenvalue weighted by molar-refractivity contribution is 5.96. The van der Waals surface area contributed by atoms with Crippen molar-refractivity contribution in [3.05, 3.63) is 95.1 Å². The number of allylic oxidation sites excluding steroid dienone is 1. The van der Waals surface area contributed by atoms with Crippen LogP contribution in [0.1, 0.15) is 90.2 Å². The van der Waals surface area contributed by atoms with Gasteiger partial charge in [-0.05, 0) is 120 Å². The molecule has 2 heterocycles. The van der Waals surface area contributed by atoms with Gasteiger partial charge in [-0.25, -0.2) is 0 Å².